The Morgan fingerprint density at radius 1 is 1.10 bits per heavy atom. The van der Waals surface area contributed by atoms with Crippen LogP contribution in [0.3, 0.4) is 0 Å². The number of piperidine rings is 1. The van der Waals surface area contributed by atoms with E-state index in [0.29, 0.717) is 18.5 Å². The molecule has 0 saturated carbocycles. The molecule has 0 amide bonds. The molecule has 0 radical (unpaired) electrons. The third-order valence-corrected chi connectivity index (χ3v) is 4.78. The minimum absolute atomic E-state index is 0.269. The highest BCUT2D eigenvalue weighted by atomic mass is 19.4. The maximum atomic E-state index is 12.2. The summed E-state index contributed by atoms with van der Waals surface area (Å²) in [7, 11) is 0. The van der Waals surface area contributed by atoms with Crippen molar-refractivity contribution in [3.05, 3.63) is 0 Å². The molecule has 0 bridgehead atoms. The lowest BCUT2D eigenvalue weighted by Crippen LogP contribution is -2.59. The number of piperazine rings is 1. The van der Waals surface area contributed by atoms with E-state index in [2.05, 4.69) is 16.7 Å². The highest BCUT2D eigenvalue weighted by Gasteiger charge is 2.34. The summed E-state index contributed by atoms with van der Waals surface area (Å²) in [6.07, 6.45) is 1.28. The Balaban J connectivity index is 1.77. The largest absolute Gasteiger partial charge is 0.389 e. The molecule has 0 aromatic rings. The van der Waals surface area contributed by atoms with Gasteiger partial charge in [0.15, 0.2) is 0 Å². The SMILES string of the molecule is CCC1CN2CCCCC2CN1CCCCC(F)(F)F. The molecule has 0 spiro atoms. The average molecular weight is 292 g/mol. The van der Waals surface area contributed by atoms with E-state index in [1.165, 1.54) is 25.8 Å². The molecule has 2 saturated heterocycles. The van der Waals surface area contributed by atoms with Crippen LogP contribution in [-0.2, 0) is 0 Å². The van der Waals surface area contributed by atoms with Gasteiger partial charge in [-0.05, 0) is 45.2 Å². The van der Waals surface area contributed by atoms with Gasteiger partial charge in [-0.3, -0.25) is 9.80 Å². The van der Waals surface area contributed by atoms with Gasteiger partial charge in [-0.1, -0.05) is 13.3 Å². The molecule has 0 aromatic carbocycles. The summed E-state index contributed by atoms with van der Waals surface area (Å²) >= 11 is 0. The van der Waals surface area contributed by atoms with E-state index in [1.54, 1.807) is 0 Å². The van der Waals surface area contributed by atoms with Crippen molar-refractivity contribution in [2.45, 2.75) is 70.1 Å². The summed E-state index contributed by atoms with van der Waals surface area (Å²) in [4.78, 5) is 5.05. The van der Waals surface area contributed by atoms with Crippen LogP contribution in [0.1, 0.15) is 51.9 Å². The molecule has 2 unspecified atom stereocenters. The Morgan fingerprint density at radius 2 is 1.90 bits per heavy atom. The quantitative estimate of drug-likeness (QED) is 0.713. The fourth-order valence-corrected chi connectivity index (χ4v) is 3.61. The van der Waals surface area contributed by atoms with E-state index in [1.807, 2.05) is 0 Å². The van der Waals surface area contributed by atoms with Gasteiger partial charge in [0.25, 0.3) is 0 Å². The van der Waals surface area contributed by atoms with Crippen molar-refractivity contribution in [1.29, 1.82) is 0 Å². The lowest BCUT2D eigenvalue weighted by molar-refractivity contribution is -0.136. The normalized spacial score (nSPS) is 29.4. The maximum Gasteiger partial charge on any atom is 0.389 e. The molecular weight excluding hydrogens is 265 g/mol. The van der Waals surface area contributed by atoms with Gasteiger partial charge in [-0.25, -0.2) is 0 Å². The highest BCUT2D eigenvalue weighted by molar-refractivity contribution is 4.90. The zero-order valence-electron chi connectivity index (χ0n) is 12.5. The summed E-state index contributed by atoms with van der Waals surface area (Å²) in [5, 5.41) is 0. The number of unbranched alkanes of at least 4 members (excludes halogenated alkanes) is 1. The van der Waals surface area contributed by atoms with E-state index in [9.17, 15) is 13.2 Å². The van der Waals surface area contributed by atoms with E-state index in [-0.39, 0.29) is 6.42 Å². The number of hydrogen-bond donors (Lipinski definition) is 0. The highest BCUT2D eigenvalue weighted by Crippen LogP contribution is 2.26. The summed E-state index contributed by atoms with van der Waals surface area (Å²) in [5.41, 5.74) is 0. The number of fused-ring (bicyclic) bond motifs is 1. The summed E-state index contributed by atoms with van der Waals surface area (Å²) in [6.45, 7) is 6.41. The first-order chi connectivity index (χ1) is 9.49. The zero-order chi connectivity index (χ0) is 14.6. The molecule has 2 nitrogen and oxygen atoms in total. The number of hydrogen-bond acceptors (Lipinski definition) is 2. The van der Waals surface area contributed by atoms with Crippen molar-refractivity contribution in [2.24, 2.45) is 0 Å². The Hall–Kier alpha value is -0.290. The number of rotatable bonds is 5. The van der Waals surface area contributed by atoms with Gasteiger partial charge in [0.05, 0.1) is 0 Å². The summed E-state index contributed by atoms with van der Waals surface area (Å²) in [6, 6.07) is 1.18. The third kappa shape index (κ3) is 4.62. The van der Waals surface area contributed by atoms with Crippen LogP contribution in [0.5, 0.6) is 0 Å². The molecule has 5 heteroatoms. The molecule has 0 N–H and O–H groups in total. The Bertz CT molecular complexity index is 293. The van der Waals surface area contributed by atoms with Crippen molar-refractivity contribution in [2.75, 3.05) is 26.2 Å². The fourth-order valence-electron chi connectivity index (χ4n) is 3.61. The minimum atomic E-state index is -3.99. The van der Waals surface area contributed by atoms with Crippen LogP contribution in [0.4, 0.5) is 13.2 Å². The van der Waals surface area contributed by atoms with E-state index in [0.717, 1.165) is 26.1 Å². The number of halogens is 3. The monoisotopic (exact) mass is 292 g/mol. The average Bonchev–Trinajstić information content (AvgIpc) is 2.41. The standard InChI is InChI=1S/C15H27F3N2/c1-2-13-11-20-9-5-3-7-14(20)12-19(13)10-6-4-8-15(16,17)18/h13-14H,2-12H2,1H3. The fraction of sp³-hybridized carbons (Fsp3) is 1.00. The van der Waals surface area contributed by atoms with Gasteiger partial charge >= 0.3 is 6.18 Å². The van der Waals surface area contributed by atoms with E-state index < -0.39 is 12.6 Å². The molecule has 2 aliphatic rings. The van der Waals surface area contributed by atoms with Crippen LogP contribution < -0.4 is 0 Å². The van der Waals surface area contributed by atoms with Gasteiger partial charge in [-0.2, -0.15) is 13.2 Å². The van der Waals surface area contributed by atoms with Gasteiger partial charge in [0, 0.05) is 31.6 Å². The Morgan fingerprint density at radius 3 is 2.60 bits per heavy atom. The molecule has 0 aromatic heterocycles. The summed E-state index contributed by atoms with van der Waals surface area (Å²) in [5.74, 6) is 0. The second-order valence-electron chi connectivity index (χ2n) is 6.27. The van der Waals surface area contributed by atoms with Crippen LogP contribution in [0.25, 0.3) is 0 Å². The van der Waals surface area contributed by atoms with Crippen molar-refractivity contribution in [1.82, 2.24) is 9.80 Å². The lowest BCUT2D eigenvalue weighted by Gasteiger charge is -2.48. The third-order valence-electron chi connectivity index (χ3n) is 4.78. The van der Waals surface area contributed by atoms with Crippen LogP contribution in [-0.4, -0.2) is 54.2 Å². The molecule has 2 rings (SSSR count). The van der Waals surface area contributed by atoms with Gasteiger partial charge in [0.1, 0.15) is 0 Å². The zero-order valence-corrected chi connectivity index (χ0v) is 12.5. The van der Waals surface area contributed by atoms with Crippen molar-refractivity contribution in [3.63, 3.8) is 0 Å². The molecule has 20 heavy (non-hydrogen) atoms. The molecule has 118 valence electrons. The summed E-state index contributed by atoms with van der Waals surface area (Å²) < 4.78 is 36.5. The maximum absolute atomic E-state index is 12.2. The van der Waals surface area contributed by atoms with Crippen molar-refractivity contribution < 1.29 is 13.2 Å². The first-order valence-corrected chi connectivity index (χ1v) is 8.04. The smallest absolute Gasteiger partial charge is 0.298 e. The predicted molar refractivity (Wildman–Crippen MR) is 74.8 cm³/mol. The molecule has 2 aliphatic heterocycles. The van der Waals surface area contributed by atoms with Crippen LogP contribution in [0, 0.1) is 0 Å². The number of nitrogens with zero attached hydrogens (tertiary/aromatic N) is 2. The van der Waals surface area contributed by atoms with Crippen LogP contribution in [0.2, 0.25) is 0 Å². The lowest BCUT2D eigenvalue weighted by atomic mass is 9.95. The second kappa shape index (κ2) is 7.12. The van der Waals surface area contributed by atoms with Gasteiger partial charge in [0.2, 0.25) is 0 Å². The molecular formula is C15H27F3N2. The topological polar surface area (TPSA) is 6.48 Å². The Kier molecular flexibility index (Phi) is 5.73. The molecule has 0 aliphatic carbocycles. The van der Waals surface area contributed by atoms with Crippen LogP contribution >= 0.6 is 0 Å². The second-order valence-corrected chi connectivity index (χ2v) is 6.27. The van der Waals surface area contributed by atoms with Crippen molar-refractivity contribution >= 4 is 0 Å². The first-order valence-electron chi connectivity index (χ1n) is 8.04. The van der Waals surface area contributed by atoms with Gasteiger partial charge in [-0.15, -0.1) is 0 Å². The minimum Gasteiger partial charge on any atom is -0.298 e. The molecule has 2 fully saturated rings. The molecule has 2 atom stereocenters. The predicted octanol–water partition coefficient (Wildman–Crippen LogP) is 3.67. The van der Waals surface area contributed by atoms with Crippen molar-refractivity contribution in [3.8, 4) is 0 Å². The molecule has 2 heterocycles. The number of alkyl halides is 3. The van der Waals surface area contributed by atoms with E-state index >= 15 is 0 Å². The van der Waals surface area contributed by atoms with E-state index in [4.69, 9.17) is 0 Å². The van der Waals surface area contributed by atoms with Crippen LogP contribution in [0.15, 0.2) is 0 Å². The Labute approximate surface area is 120 Å². The first kappa shape index (κ1) is 16.1. The van der Waals surface area contributed by atoms with Gasteiger partial charge < -0.3 is 0 Å².